The Hall–Kier alpha value is -2.86. The number of hydrogen-bond donors (Lipinski definition) is 1. The van der Waals surface area contributed by atoms with E-state index < -0.39 is 29.4 Å². The Bertz CT molecular complexity index is 1030. The molecule has 0 radical (unpaired) electrons. The molecule has 2 atom stereocenters. The van der Waals surface area contributed by atoms with Crippen molar-refractivity contribution in [1.82, 2.24) is 15.4 Å². The fourth-order valence-corrected chi connectivity index (χ4v) is 5.85. The number of amidine groups is 1. The Labute approximate surface area is 178 Å². The third-order valence-corrected chi connectivity index (χ3v) is 7.28. The molecular weight excluding hydrogens is 402 g/mol. The number of carbonyl (C=O) groups excluding carboxylic acids is 1. The minimum atomic E-state index is -0.654. The number of nitrogens with one attached hydrogen (secondary N) is 1. The molecular formula is C22H22F2N6O. The van der Waals surface area contributed by atoms with Gasteiger partial charge in [0.2, 0.25) is 5.91 Å². The molecule has 0 aromatic heterocycles. The van der Waals surface area contributed by atoms with Crippen LogP contribution in [0.5, 0.6) is 0 Å². The fourth-order valence-electron chi connectivity index (χ4n) is 5.85. The van der Waals surface area contributed by atoms with Crippen LogP contribution in [0.2, 0.25) is 0 Å². The first kappa shape index (κ1) is 18.9. The van der Waals surface area contributed by atoms with Gasteiger partial charge in [0, 0.05) is 31.2 Å². The van der Waals surface area contributed by atoms with Crippen LogP contribution in [0.25, 0.3) is 4.85 Å². The molecule has 9 heteroatoms. The lowest BCUT2D eigenvalue weighted by atomic mass is 9.34. The van der Waals surface area contributed by atoms with Crippen LogP contribution in [0.15, 0.2) is 28.3 Å². The van der Waals surface area contributed by atoms with Crippen molar-refractivity contribution in [3.8, 4) is 0 Å². The van der Waals surface area contributed by atoms with Gasteiger partial charge in [0.1, 0.15) is 17.5 Å². The van der Waals surface area contributed by atoms with Gasteiger partial charge in [0.25, 0.3) is 0 Å². The van der Waals surface area contributed by atoms with Crippen molar-refractivity contribution >= 4 is 18.0 Å². The lowest BCUT2D eigenvalue weighted by molar-refractivity contribution is -0.225. The highest BCUT2D eigenvalue weighted by Gasteiger charge is 2.73. The maximum absolute atomic E-state index is 13.7. The molecule has 1 aromatic carbocycles. The van der Waals surface area contributed by atoms with E-state index in [1.165, 1.54) is 17.1 Å². The average molecular weight is 424 g/mol. The molecule has 4 aliphatic carbocycles. The average Bonchev–Trinajstić information content (AvgIpc) is 3.25. The number of aliphatic imine (C=N–C) groups is 1. The highest BCUT2D eigenvalue weighted by molar-refractivity contribution is 5.89. The summed E-state index contributed by atoms with van der Waals surface area (Å²) in [6.07, 6.45) is 6.05. The van der Waals surface area contributed by atoms with Gasteiger partial charge in [0.05, 0.1) is 11.5 Å². The molecule has 160 valence electrons. The number of rotatable bonds is 5. The van der Waals surface area contributed by atoms with Gasteiger partial charge >= 0.3 is 6.29 Å². The summed E-state index contributed by atoms with van der Waals surface area (Å²) in [5.41, 5.74) is 3.32. The van der Waals surface area contributed by atoms with Crippen LogP contribution in [0.3, 0.4) is 0 Å². The number of amides is 1. The summed E-state index contributed by atoms with van der Waals surface area (Å²) in [7, 11) is 0. The number of hydrazine groups is 1. The van der Waals surface area contributed by atoms with E-state index in [0.29, 0.717) is 24.4 Å². The van der Waals surface area contributed by atoms with Crippen molar-refractivity contribution in [3.05, 3.63) is 46.8 Å². The standard InChI is InChI=1S/C22H22F2N6O/c1-25-20-27-18(13-2-3-13)28-29(20)12-21-9-22(10-21,11-21)19(31)30-17(4-5-26-30)14-6-15(23)8-16(24)7-14/h5-8,13,17,20H,2-4,9-12H2,(H,27,28). The predicted octanol–water partition coefficient (Wildman–Crippen LogP) is 3.23. The Morgan fingerprint density at radius 2 is 1.94 bits per heavy atom. The second-order valence-electron chi connectivity index (χ2n) is 9.72. The molecule has 7 nitrogen and oxygen atoms in total. The van der Waals surface area contributed by atoms with Crippen LogP contribution in [0.4, 0.5) is 8.78 Å². The van der Waals surface area contributed by atoms with E-state index in [4.69, 9.17) is 6.57 Å². The zero-order valence-corrected chi connectivity index (χ0v) is 16.9. The molecule has 2 heterocycles. The maximum Gasteiger partial charge on any atom is 0.395 e. The van der Waals surface area contributed by atoms with E-state index in [0.717, 1.165) is 44.0 Å². The van der Waals surface area contributed by atoms with E-state index in [1.807, 2.05) is 5.01 Å². The number of hydrazone groups is 1. The van der Waals surface area contributed by atoms with Gasteiger partial charge in [-0.2, -0.15) is 10.1 Å². The molecule has 2 unspecified atom stereocenters. The largest absolute Gasteiger partial charge is 0.395 e. The number of carbonyl (C=O) groups is 1. The first-order chi connectivity index (χ1) is 14.9. The second kappa shape index (κ2) is 6.33. The minimum Gasteiger partial charge on any atom is -0.298 e. The Morgan fingerprint density at radius 1 is 1.23 bits per heavy atom. The van der Waals surface area contributed by atoms with Gasteiger partial charge in [-0.3, -0.25) is 15.1 Å². The van der Waals surface area contributed by atoms with Gasteiger partial charge in [-0.25, -0.2) is 20.4 Å². The van der Waals surface area contributed by atoms with E-state index in [2.05, 4.69) is 20.4 Å². The number of halogens is 2. The molecule has 1 N–H and O–H groups in total. The summed E-state index contributed by atoms with van der Waals surface area (Å²) in [4.78, 5) is 21.5. The lowest BCUT2D eigenvalue weighted by Crippen LogP contribution is -2.71. The van der Waals surface area contributed by atoms with E-state index in [1.54, 1.807) is 6.21 Å². The smallest absolute Gasteiger partial charge is 0.298 e. The van der Waals surface area contributed by atoms with Crippen molar-refractivity contribution in [3.63, 3.8) is 0 Å². The predicted molar refractivity (Wildman–Crippen MR) is 108 cm³/mol. The minimum absolute atomic E-state index is 0.0179. The van der Waals surface area contributed by atoms with E-state index in [-0.39, 0.29) is 11.3 Å². The fraction of sp³-hybridized carbons (Fsp3) is 0.545. The Kier molecular flexibility index (Phi) is 3.85. The van der Waals surface area contributed by atoms with Gasteiger partial charge in [-0.05, 0) is 55.2 Å². The summed E-state index contributed by atoms with van der Waals surface area (Å²) in [6.45, 7) is 8.13. The van der Waals surface area contributed by atoms with Gasteiger partial charge in [0.15, 0.2) is 0 Å². The highest BCUT2D eigenvalue weighted by atomic mass is 19.1. The lowest BCUT2D eigenvalue weighted by Gasteiger charge is -2.70. The Morgan fingerprint density at radius 3 is 2.58 bits per heavy atom. The summed E-state index contributed by atoms with van der Waals surface area (Å²) in [5, 5.41) is 7.58. The van der Waals surface area contributed by atoms with Crippen LogP contribution in [0.1, 0.15) is 50.1 Å². The monoisotopic (exact) mass is 424 g/mol. The van der Waals surface area contributed by atoms with Crippen LogP contribution < -0.4 is 5.43 Å². The van der Waals surface area contributed by atoms with Crippen LogP contribution >= 0.6 is 0 Å². The van der Waals surface area contributed by atoms with Crippen molar-refractivity contribution in [1.29, 1.82) is 0 Å². The Balaban J connectivity index is 1.12. The van der Waals surface area contributed by atoms with Crippen LogP contribution in [-0.2, 0) is 4.79 Å². The molecule has 31 heavy (non-hydrogen) atoms. The quantitative estimate of drug-likeness (QED) is 0.739. The zero-order valence-electron chi connectivity index (χ0n) is 16.9. The third kappa shape index (κ3) is 2.88. The normalized spacial score (nSPS) is 35.8. The first-order valence-corrected chi connectivity index (χ1v) is 10.7. The van der Waals surface area contributed by atoms with Gasteiger partial charge in [-0.1, -0.05) is 0 Å². The number of hydrogen-bond acceptors (Lipinski definition) is 5. The number of nitrogens with zero attached hydrogens (tertiary/aromatic N) is 5. The second-order valence-corrected chi connectivity index (χ2v) is 9.72. The molecule has 0 spiro atoms. The summed E-state index contributed by atoms with van der Waals surface area (Å²) >= 11 is 0. The van der Waals surface area contributed by atoms with E-state index >= 15 is 0 Å². The molecule has 1 aromatic rings. The van der Waals surface area contributed by atoms with Crippen molar-refractivity contribution < 1.29 is 13.6 Å². The summed E-state index contributed by atoms with van der Waals surface area (Å²) < 4.78 is 27.4. The molecule has 2 bridgehead atoms. The molecule has 2 aliphatic heterocycles. The molecule has 4 fully saturated rings. The zero-order chi connectivity index (χ0) is 21.4. The molecule has 0 saturated heterocycles. The van der Waals surface area contributed by atoms with Crippen LogP contribution in [-0.4, -0.2) is 40.8 Å². The molecule has 1 amide bonds. The summed E-state index contributed by atoms with van der Waals surface area (Å²) in [6, 6.07) is 2.90. The summed E-state index contributed by atoms with van der Waals surface area (Å²) in [5.74, 6) is 0.0182. The van der Waals surface area contributed by atoms with E-state index in [9.17, 15) is 13.6 Å². The van der Waals surface area contributed by atoms with Gasteiger partial charge < -0.3 is 0 Å². The highest BCUT2D eigenvalue weighted by Crippen LogP contribution is 2.74. The van der Waals surface area contributed by atoms with Crippen LogP contribution in [0, 0.1) is 35.0 Å². The third-order valence-electron chi connectivity index (χ3n) is 7.28. The van der Waals surface area contributed by atoms with Crippen molar-refractivity contribution in [2.45, 2.75) is 50.9 Å². The SMILES string of the molecule is [C-]#[N+]C1N=C(C2CC2)NN1CC12CC(C(=O)N3N=CCC3c3cc(F)cc(F)c3)(C1)C2. The first-order valence-electron chi connectivity index (χ1n) is 10.7. The van der Waals surface area contributed by atoms with Gasteiger partial charge in [-0.15, -0.1) is 5.01 Å². The maximum atomic E-state index is 13.7. The van der Waals surface area contributed by atoms with Crippen molar-refractivity contribution in [2.24, 2.45) is 26.8 Å². The molecule has 4 saturated carbocycles. The topological polar surface area (TPSA) is 64.7 Å². The molecule has 6 aliphatic rings. The number of benzene rings is 1. The van der Waals surface area contributed by atoms with Crippen molar-refractivity contribution in [2.75, 3.05) is 6.54 Å². The molecule has 7 rings (SSSR count).